The van der Waals surface area contributed by atoms with Gasteiger partial charge in [-0.15, -0.1) is 6.58 Å². The Hall–Kier alpha value is -0.420. The van der Waals surface area contributed by atoms with Crippen molar-refractivity contribution in [1.29, 1.82) is 0 Å². The van der Waals surface area contributed by atoms with Gasteiger partial charge in [0, 0.05) is 19.6 Å². The van der Waals surface area contributed by atoms with E-state index in [0.29, 0.717) is 6.10 Å². The van der Waals surface area contributed by atoms with E-state index in [1.54, 1.807) is 0 Å². The average Bonchev–Trinajstić information content (AvgIpc) is 2.60. The van der Waals surface area contributed by atoms with E-state index in [1.165, 1.54) is 57.4 Å². The third-order valence-corrected chi connectivity index (χ3v) is 4.00. The lowest BCUT2D eigenvalue weighted by molar-refractivity contribution is -0.0879. The lowest BCUT2D eigenvalue weighted by Gasteiger charge is -2.28. The fraction of sp³-hybridized carbons (Fsp3) is 0.895. The van der Waals surface area contributed by atoms with E-state index in [1.807, 2.05) is 0 Å². The van der Waals surface area contributed by atoms with Gasteiger partial charge in [-0.2, -0.15) is 0 Å². The molecule has 0 aromatic carbocycles. The van der Waals surface area contributed by atoms with Gasteiger partial charge in [-0.3, -0.25) is 0 Å². The molecular formula is C19H38O4. The number of aliphatic hydroxyl groups excluding tert-OH is 2. The summed E-state index contributed by atoms with van der Waals surface area (Å²) in [7, 11) is 0. The third-order valence-electron chi connectivity index (χ3n) is 4.00. The maximum Gasteiger partial charge on any atom is 0.0830 e. The van der Waals surface area contributed by atoms with Gasteiger partial charge in [-0.05, 0) is 12.8 Å². The highest BCUT2D eigenvalue weighted by atomic mass is 16.5. The molecule has 0 aliphatic carbocycles. The Morgan fingerprint density at radius 3 is 2.26 bits per heavy atom. The molecule has 4 heteroatoms. The number of aliphatic hydroxyl groups is 2. The first-order chi connectivity index (χ1) is 11.3. The second-order valence-corrected chi connectivity index (χ2v) is 6.14. The second-order valence-electron chi connectivity index (χ2n) is 6.14. The number of unbranched alkanes of at least 4 members (excludes halogenated alkanes) is 7. The third kappa shape index (κ3) is 14.9. The molecule has 0 aromatic heterocycles. The zero-order valence-corrected chi connectivity index (χ0v) is 15.0. The smallest absolute Gasteiger partial charge is 0.0830 e. The molecule has 1 aliphatic rings. The van der Waals surface area contributed by atoms with Crippen molar-refractivity contribution < 1.29 is 19.7 Å². The lowest BCUT2D eigenvalue weighted by atomic mass is 10.1. The molecule has 23 heavy (non-hydrogen) atoms. The van der Waals surface area contributed by atoms with E-state index in [0.717, 1.165) is 26.1 Å². The van der Waals surface area contributed by atoms with Gasteiger partial charge in [0.1, 0.15) is 0 Å². The van der Waals surface area contributed by atoms with Gasteiger partial charge in [0.15, 0.2) is 0 Å². The van der Waals surface area contributed by atoms with Crippen molar-refractivity contribution in [2.24, 2.45) is 0 Å². The molecular weight excluding hydrogens is 292 g/mol. The second kappa shape index (κ2) is 17.9. The fourth-order valence-corrected chi connectivity index (χ4v) is 2.61. The molecule has 2 N–H and O–H groups in total. The molecule has 138 valence electrons. The Morgan fingerprint density at radius 2 is 1.70 bits per heavy atom. The Kier molecular flexibility index (Phi) is 17.6. The molecule has 0 bridgehead atoms. The minimum absolute atomic E-state index is 0.00249. The van der Waals surface area contributed by atoms with Crippen molar-refractivity contribution in [3.8, 4) is 0 Å². The minimum Gasteiger partial charge on any atom is -0.394 e. The van der Waals surface area contributed by atoms with Crippen molar-refractivity contribution in [2.45, 2.75) is 83.3 Å². The van der Waals surface area contributed by atoms with E-state index in [2.05, 4.69) is 13.5 Å². The Morgan fingerprint density at radius 1 is 1.09 bits per heavy atom. The van der Waals surface area contributed by atoms with Crippen LogP contribution in [0.25, 0.3) is 0 Å². The highest BCUT2D eigenvalue weighted by molar-refractivity contribution is 4.71. The topological polar surface area (TPSA) is 58.9 Å². The van der Waals surface area contributed by atoms with E-state index >= 15 is 0 Å². The molecule has 1 fully saturated rings. The highest BCUT2D eigenvalue weighted by Gasteiger charge is 2.22. The van der Waals surface area contributed by atoms with E-state index in [-0.39, 0.29) is 19.3 Å². The van der Waals surface area contributed by atoms with Crippen molar-refractivity contribution in [1.82, 2.24) is 0 Å². The van der Waals surface area contributed by atoms with Gasteiger partial charge < -0.3 is 19.7 Å². The van der Waals surface area contributed by atoms with Crippen LogP contribution in [0.4, 0.5) is 0 Å². The van der Waals surface area contributed by atoms with Gasteiger partial charge in [0.05, 0.1) is 25.4 Å². The van der Waals surface area contributed by atoms with Crippen LogP contribution in [0.3, 0.4) is 0 Å². The summed E-state index contributed by atoms with van der Waals surface area (Å²) in [4.78, 5) is 0. The number of hydrogen-bond donors (Lipinski definition) is 2. The van der Waals surface area contributed by atoms with E-state index in [9.17, 15) is 0 Å². The molecule has 0 aromatic rings. The van der Waals surface area contributed by atoms with Crippen LogP contribution in [0.1, 0.15) is 71.1 Å². The van der Waals surface area contributed by atoms with Gasteiger partial charge in [0.2, 0.25) is 0 Å². The summed E-state index contributed by atoms with van der Waals surface area (Å²) in [5.74, 6) is 0. The predicted molar refractivity (Wildman–Crippen MR) is 95.7 cm³/mol. The summed E-state index contributed by atoms with van der Waals surface area (Å²) in [5.41, 5.74) is 0. The summed E-state index contributed by atoms with van der Waals surface area (Å²) in [6, 6.07) is 0. The quantitative estimate of drug-likeness (QED) is 0.421. The van der Waals surface area contributed by atoms with Crippen LogP contribution in [-0.2, 0) is 9.47 Å². The van der Waals surface area contributed by atoms with Crippen molar-refractivity contribution in [3.05, 3.63) is 12.7 Å². The standard InChI is InChI=1S/C16H32O3.C3H6O/c1-2-3-4-5-6-7-8-9-11-18-15-10-12-19-16(13-15)14-17;1-2-3-4/h15-17H,2-14H2,1H3;2,4H,1,3H2. The maximum absolute atomic E-state index is 9.06. The molecule has 1 rings (SSSR count). The molecule has 0 saturated carbocycles. The van der Waals surface area contributed by atoms with Gasteiger partial charge >= 0.3 is 0 Å². The molecule has 1 saturated heterocycles. The largest absolute Gasteiger partial charge is 0.394 e. The molecule has 4 nitrogen and oxygen atoms in total. The fourth-order valence-electron chi connectivity index (χ4n) is 2.61. The minimum atomic E-state index is -0.00249. The first-order valence-corrected chi connectivity index (χ1v) is 9.34. The summed E-state index contributed by atoms with van der Waals surface area (Å²) in [5, 5.41) is 16.8. The molecule has 0 spiro atoms. The van der Waals surface area contributed by atoms with Crippen LogP contribution in [0, 0.1) is 0 Å². The van der Waals surface area contributed by atoms with Crippen molar-refractivity contribution in [3.63, 3.8) is 0 Å². The van der Waals surface area contributed by atoms with Crippen molar-refractivity contribution >= 4 is 0 Å². The highest BCUT2D eigenvalue weighted by Crippen LogP contribution is 2.17. The van der Waals surface area contributed by atoms with E-state index < -0.39 is 0 Å². The summed E-state index contributed by atoms with van der Waals surface area (Å²) >= 11 is 0. The summed E-state index contributed by atoms with van der Waals surface area (Å²) in [6.45, 7) is 7.30. The van der Waals surface area contributed by atoms with Crippen LogP contribution >= 0.6 is 0 Å². The monoisotopic (exact) mass is 330 g/mol. The molecule has 2 unspecified atom stereocenters. The number of hydrogen-bond acceptors (Lipinski definition) is 4. The Balaban J connectivity index is 0.00000108. The SMILES string of the molecule is C=CCO.CCCCCCCCCCOC1CCOC(CO)C1. The summed E-state index contributed by atoms with van der Waals surface area (Å²) < 4.78 is 11.3. The predicted octanol–water partition coefficient (Wildman–Crippen LogP) is 3.85. The van der Waals surface area contributed by atoms with E-state index in [4.69, 9.17) is 19.7 Å². The maximum atomic E-state index is 9.06. The molecule has 0 amide bonds. The first kappa shape index (κ1) is 22.6. The zero-order valence-electron chi connectivity index (χ0n) is 15.0. The van der Waals surface area contributed by atoms with Crippen LogP contribution in [0.15, 0.2) is 12.7 Å². The van der Waals surface area contributed by atoms with Crippen molar-refractivity contribution in [2.75, 3.05) is 26.4 Å². The van der Waals surface area contributed by atoms with Gasteiger partial charge in [-0.1, -0.05) is 57.9 Å². The number of rotatable bonds is 12. The number of ether oxygens (including phenoxy) is 2. The Bertz CT molecular complexity index is 246. The Labute approximate surface area is 142 Å². The first-order valence-electron chi connectivity index (χ1n) is 9.34. The van der Waals surface area contributed by atoms with Crippen LogP contribution in [0.2, 0.25) is 0 Å². The van der Waals surface area contributed by atoms with Gasteiger partial charge in [-0.25, -0.2) is 0 Å². The summed E-state index contributed by atoms with van der Waals surface area (Å²) in [6.07, 6.45) is 14.3. The molecule has 1 aliphatic heterocycles. The normalized spacial score (nSPS) is 20.7. The zero-order chi connectivity index (χ0) is 17.2. The molecule has 2 atom stereocenters. The van der Waals surface area contributed by atoms with Crippen LogP contribution < -0.4 is 0 Å². The van der Waals surface area contributed by atoms with Gasteiger partial charge in [0.25, 0.3) is 0 Å². The molecule has 1 heterocycles. The average molecular weight is 331 g/mol. The van der Waals surface area contributed by atoms with Crippen LogP contribution in [-0.4, -0.2) is 48.8 Å². The lowest BCUT2D eigenvalue weighted by Crippen LogP contribution is -2.33. The molecule has 0 radical (unpaired) electrons. The van der Waals surface area contributed by atoms with Crippen LogP contribution in [0.5, 0.6) is 0 Å².